The standard InChI is InChI=1S/C12H11NO2S2/c14-12(16)11(13(15)17)10-6-5-8-3-1-2-4-9(8)7-10/h1-7,11,15,17H,(H,14,16). The molecule has 88 valence electrons. The summed E-state index contributed by atoms with van der Waals surface area (Å²) in [5.74, 6) is 0. The highest BCUT2D eigenvalue weighted by Crippen LogP contribution is 2.26. The Hall–Kier alpha value is -1.01. The Morgan fingerprint density at radius 2 is 1.82 bits per heavy atom. The third-order valence-corrected chi connectivity index (χ3v) is 3.03. The van der Waals surface area contributed by atoms with Crippen molar-refractivity contribution in [1.82, 2.24) is 4.47 Å². The van der Waals surface area contributed by atoms with E-state index < -0.39 is 11.2 Å². The van der Waals surface area contributed by atoms with Gasteiger partial charge in [-0.2, -0.15) is 0 Å². The molecule has 0 aromatic heterocycles. The van der Waals surface area contributed by atoms with Crippen molar-refractivity contribution in [3.8, 4) is 0 Å². The monoisotopic (exact) mass is 265 g/mol. The summed E-state index contributed by atoms with van der Waals surface area (Å²) in [6.07, 6.45) is 0. The molecule has 0 spiro atoms. The quantitative estimate of drug-likeness (QED) is 0.590. The SMILES string of the molecule is O=C(S)C(c1ccc2ccccc2c1)N(O)S. The number of rotatable bonds is 3. The van der Waals surface area contributed by atoms with Crippen LogP contribution < -0.4 is 0 Å². The van der Waals surface area contributed by atoms with E-state index in [1.165, 1.54) is 0 Å². The van der Waals surface area contributed by atoms with Crippen LogP contribution in [0, 0.1) is 0 Å². The van der Waals surface area contributed by atoms with E-state index >= 15 is 0 Å². The highest BCUT2D eigenvalue weighted by Gasteiger charge is 2.22. The maximum atomic E-state index is 11.3. The molecule has 17 heavy (non-hydrogen) atoms. The number of carbonyl (C=O) groups excluding carboxylic acids is 1. The van der Waals surface area contributed by atoms with Crippen LogP contribution in [-0.2, 0) is 4.79 Å². The largest absolute Gasteiger partial charge is 0.303 e. The van der Waals surface area contributed by atoms with E-state index in [0.29, 0.717) is 10.0 Å². The van der Waals surface area contributed by atoms with Crippen LogP contribution in [0.4, 0.5) is 0 Å². The van der Waals surface area contributed by atoms with Crippen LogP contribution in [0.1, 0.15) is 11.6 Å². The fraction of sp³-hybridized carbons (Fsp3) is 0.0833. The molecule has 0 amide bonds. The molecule has 2 rings (SSSR count). The summed E-state index contributed by atoms with van der Waals surface area (Å²) in [5, 5.41) is 10.9. The van der Waals surface area contributed by atoms with Crippen LogP contribution >= 0.6 is 25.4 Å². The minimum atomic E-state index is -0.869. The van der Waals surface area contributed by atoms with Crippen LogP contribution in [-0.4, -0.2) is 14.8 Å². The van der Waals surface area contributed by atoms with Gasteiger partial charge >= 0.3 is 0 Å². The number of hydrogen-bond acceptors (Lipinski definition) is 4. The van der Waals surface area contributed by atoms with E-state index in [-0.39, 0.29) is 0 Å². The number of thiol groups is 2. The second-order valence-corrected chi connectivity index (χ2v) is 4.52. The Morgan fingerprint density at radius 3 is 2.41 bits per heavy atom. The number of carbonyl (C=O) groups is 1. The first-order valence-corrected chi connectivity index (χ1v) is 5.83. The molecule has 2 aromatic rings. The number of nitrogens with zero attached hydrogens (tertiary/aromatic N) is 1. The van der Waals surface area contributed by atoms with Gasteiger partial charge in [-0.15, -0.1) is 17.1 Å². The predicted molar refractivity (Wildman–Crippen MR) is 73.3 cm³/mol. The van der Waals surface area contributed by atoms with Gasteiger partial charge in [0.25, 0.3) is 0 Å². The minimum Gasteiger partial charge on any atom is -0.303 e. The van der Waals surface area contributed by atoms with Crippen LogP contribution in [0.15, 0.2) is 42.5 Å². The lowest BCUT2D eigenvalue weighted by Crippen LogP contribution is -2.21. The highest BCUT2D eigenvalue weighted by molar-refractivity contribution is 7.96. The Labute approximate surface area is 110 Å². The van der Waals surface area contributed by atoms with E-state index in [2.05, 4.69) is 25.4 Å². The van der Waals surface area contributed by atoms with Crippen LogP contribution in [0.3, 0.4) is 0 Å². The zero-order valence-corrected chi connectivity index (χ0v) is 10.6. The average molecular weight is 265 g/mol. The predicted octanol–water partition coefficient (Wildman–Crippen LogP) is 2.87. The van der Waals surface area contributed by atoms with Crippen molar-refractivity contribution < 1.29 is 10.0 Å². The molecule has 0 heterocycles. The summed E-state index contributed by atoms with van der Waals surface area (Å²) < 4.78 is 0.569. The average Bonchev–Trinajstić information content (AvgIpc) is 2.28. The van der Waals surface area contributed by atoms with Gasteiger partial charge < -0.3 is 5.21 Å². The van der Waals surface area contributed by atoms with Gasteiger partial charge in [-0.3, -0.25) is 4.79 Å². The Kier molecular flexibility index (Phi) is 3.73. The molecule has 0 fully saturated rings. The van der Waals surface area contributed by atoms with Gasteiger partial charge in [0.1, 0.15) is 6.04 Å². The molecule has 0 radical (unpaired) electrons. The molecular formula is C12H11NO2S2. The van der Waals surface area contributed by atoms with E-state index in [9.17, 15) is 10.0 Å². The number of benzene rings is 2. The van der Waals surface area contributed by atoms with Crippen LogP contribution in [0.25, 0.3) is 10.8 Å². The van der Waals surface area contributed by atoms with Crippen molar-refractivity contribution in [3.63, 3.8) is 0 Å². The summed E-state index contributed by atoms with van der Waals surface area (Å²) in [6, 6.07) is 12.4. The number of hydroxylamine groups is 1. The molecule has 2 aromatic carbocycles. The molecule has 1 N–H and O–H groups in total. The van der Waals surface area contributed by atoms with Gasteiger partial charge in [0, 0.05) is 0 Å². The highest BCUT2D eigenvalue weighted by atomic mass is 32.1. The van der Waals surface area contributed by atoms with Crippen molar-refractivity contribution in [2.75, 3.05) is 0 Å². The van der Waals surface area contributed by atoms with Gasteiger partial charge in [-0.05, 0) is 22.4 Å². The van der Waals surface area contributed by atoms with Crippen molar-refractivity contribution >= 4 is 41.3 Å². The van der Waals surface area contributed by atoms with Gasteiger partial charge in [0.15, 0.2) is 0 Å². The van der Waals surface area contributed by atoms with Gasteiger partial charge in [-0.25, -0.2) is 0 Å². The van der Waals surface area contributed by atoms with E-state index in [4.69, 9.17) is 0 Å². The van der Waals surface area contributed by atoms with Crippen molar-refractivity contribution in [3.05, 3.63) is 48.0 Å². The zero-order chi connectivity index (χ0) is 12.4. The van der Waals surface area contributed by atoms with E-state index in [0.717, 1.165) is 10.8 Å². The smallest absolute Gasteiger partial charge is 0.210 e. The van der Waals surface area contributed by atoms with Gasteiger partial charge in [0.05, 0.1) is 0 Å². The molecule has 1 atom stereocenters. The van der Waals surface area contributed by atoms with Gasteiger partial charge in [0.2, 0.25) is 5.12 Å². The fourth-order valence-electron chi connectivity index (χ4n) is 1.75. The molecule has 0 saturated heterocycles. The minimum absolute atomic E-state index is 0.460. The molecule has 0 saturated carbocycles. The Bertz CT molecular complexity index is 557. The Morgan fingerprint density at radius 1 is 1.18 bits per heavy atom. The lowest BCUT2D eigenvalue weighted by atomic mass is 10.0. The molecule has 1 unspecified atom stereocenters. The molecule has 0 bridgehead atoms. The number of fused-ring (bicyclic) bond motifs is 1. The molecule has 0 aliphatic heterocycles. The Balaban J connectivity index is 2.51. The third-order valence-electron chi connectivity index (χ3n) is 2.55. The summed E-state index contributed by atoms with van der Waals surface area (Å²) in [4.78, 5) is 11.3. The summed E-state index contributed by atoms with van der Waals surface area (Å²) in [5.41, 5.74) is 0.654. The lowest BCUT2D eigenvalue weighted by Gasteiger charge is -2.18. The maximum absolute atomic E-state index is 11.3. The number of hydrogen-bond donors (Lipinski definition) is 3. The van der Waals surface area contributed by atoms with Crippen molar-refractivity contribution in [1.29, 1.82) is 0 Å². The topological polar surface area (TPSA) is 40.5 Å². The molecule has 5 heteroatoms. The first kappa shape index (κ1) is 12.4. The maximum Gasteiger partial charge on any atom is 0.210 e. The summed E-state index contributed by atoms with van der Waals surface area (Å²) in [7, 11) is 0. The summed E-state index contributed by atoms with van der Waals surface area (Å²) in [6.45, 7) is 0. The normalized spacial score (nSPS) is 12.9. The summed E-state index contributed by atoms with van der Waals surface area (Å²) >= 11 is 7.51. The van der Waals surface area contributed by atoms with Crippen molar-refractivity contribution in [2.24, 2.45) is 0 Å². The second kappa shape index (κ2) is 5.10. The molecular weight excluding hydrogens is 254 g/mol. The zero-order valence-electron chi connectivity index (χ0n) is 8.82. The fourth-order valence-corrected chi connectivity index (χ4v) is 2.34. The first-order chi connectivity index (χ1) is 8.09. The molecule has 0 aliphatic carbocycles. The second-order valence-electron chi connectivity index (χ2n) is 3.67. The van der Waals surface area contributed by atoms with E-state index in [1.807, 2.05) is 36.4 Å². The molecule has 0 aliphatic rings. The van der Waals surface area contributed by atoms with Crippen LogP contribution in [0.5, 0.6) is 0 Å². The van der Waals surface area contributed by atoms with Crippen molar-refractivity contribution in [2.45, 2.75) is 6.04 Å². The molecule has 3 nitrogen and oxygen atoms in total. The first-order valence-electron chi connectivity index (χ1n) is 4.98. The lowest BCUT2D eigenvalue weighted by molar-refractivity contribution is -0.122. The van der Waals surface area contributed by atoms with Gasteiger partial charge in [-0.1, -0.05) is 49.2 Å². The van der Waals surface area contributed by atoms with Crippen LogP contribution in [0.2, 0.25) is 0 Å². The third kappa shape index (κ3) is 2.63. The van der Waals surface area contributed by atoms with E-state index in [1.54, 1.807) is 6.07 Å².